The van der Waals surface area contributed by atoms with Gasteiger partial charge in [0.2, 0.25) is 0 Å². The lowest BCUT2D eigenvalue weighted by molar-refractivity contribution is -0.384. The van der Waals surface area contributed by atoms with Gasteiger partial charge in [-0.1, -0.05) is 0 Å². The minimum atomic E-state index is -0.456. The lowest BCUT2D eigenvalue weighted by Crippen LogP contribution is -2.27. The summed E-state index contributed by atoms with van der Waals surface area (Å²) < 4.78 is 6.40. The zero-order chi connectivity index (χ0) is 15.7. The van der Waals surface area contributed by atoms with Crippen molar-refractivity contribution < 1.29 is 14.5 Å². The minimum absolute atomic E-state index is 0.0140. The van der Waals surface area contributed by atoms with Gasteiger partial charge in [0, 0.05) is 24.1 Å². The Morgan fingerprint density at radius 2 is 2.14 bits per heavy atom. The Morgan fingerprint density at radius 1 is 1.41 bits per heavy atom. The van der Waals surface area contributed by atoms with Crippen LogP contribution in [-0.4, -0.2) is 32.8 Å². The van der Waals surface area contributed by atoms with E-state index in [1.165, 1.54) is 19.2 Å². The van der Waals surface area contributed by atoms with E-state index < -0.39 is 11.0 Å². The van der Waals surface area contributed by atoms with Gasteiger partial charge in [-0.05, 0) is 25.0 Å². The molecule has 1 aliphatic heterocycles. The molecule has 22 heavy (non-hydrogen) atoms. The first-order valence-electron chi connectivity index (χ1n) is 6.88. The van der Waals surface area contributed by atoms with Crippen molar-refractivity contribution in [1.29, 1.82) is 0 Å². The van der Waals surface area contributed by atoms with Crippen molar-refractivity contribution in [2.24, 2.45) is 0 Å². The molecule has 3 rings (SSSR count). The fourth-order valence-corrected chi connectivity index (χ4v) is 2.56. The van der Waals surface area contributed by atoms with Gasteiger partial charge in [-0.25, -0.2) is 14.5 Å². The number of non-ortho nitro benzene ring substituents is 1. The molecule has 1 aromatic carbocycles. The second-order valence-electron chi connectivity index (χ2n) is 5.03. The van der Waals surface area contributed by atoms with Gasteiger partial charge >= 0.3 is 5.97 Å². The molecule has 0 radical (unpaired) electrons. The first-order valence-corrected chi connectivity index (χ1v) is 6.88. The van der Waals surface area contributed by atoms with Crippen LogP contribution in [0.3, 0.4) is 0 Å². The summed E-state index contributed by atoms with van der Waals surface area (Å²) in [4.78, 5) is 26.5. The van der Waals surface area contributed by atoms with Gasteiger partial charge in [0.15, 0.2) is 11.9 Å². The Kier molecular flexibility index (Phi) is 3.58. The fraction of sp³-hybridized carbons (Fsp3) is 0.357. The molecule has 1 atom stereocenters. The zero-order valence-corrected chi connectivity index (χ0v) is 11.9. The predicted octanol–water partition coefficient (Wildman–Crippen LogP) is 1.90. The van der Waals surface area contributed by atoms with Gasteiger partial charge in [0.05, 0.1) is 12.0 Å². The number of nitro benzene ring substituents is 1. The molecule has 0 bridgehead atoms. The number of carbonyl (C=O) groups excluding carboxylic acids is 1. The maximum Gasteiger partial charge on any atom is 0.330 e. The van der Waals surface area contributed by atoms with Gasteiger partial charge in [-0.2, -0.15) is 0 Å². The average molecular weight is 302 g/mol. The van der Waals surface area contributed by atoms with Gasteiger partial charge in [-0.15, -0.1) is 5.10 Å². The molecule has 114 valence electrons. The molecule has 8 nitrogen and oxygen atoms in total. The highest BCUT2D eigenvalue weighted by Crippen LogP contribution is 2.27. The van der Waals surface area contributed by atoms with E-state index >= 15 is 0 Å². The van der Waals surface area contributed by atoms with E-state index in [-0.39, 0.29) is 11.7 Å². The van der Waals surface area contributed by atoms with Crippen molar-refractivity contribution in [3.8, 4) is 11.4 Å². The first kappa shape index (κ1) is 14.2. The van der Waals surface area contributed by atoms with Crippen LogP contribution < -0.4 is 0 Å². The molecule has 1 aromatic heterocycles. The first-order chi connectivity index (χ1) is 10.6. The molecular weight excluding hydrogens is 288 g/mol. The third-order valence-corrected chi connectivity index (χ3v) is 3.68. The van der Waals surface area contributed by atoms with E-state index in [2.05, 4.69) is 10.1 Å². The topological polar surface area (TPSA) is 100 Å². The number of aromatic nitrogens is 3. The highest BCUT2D eigenvalue weighted by Gasteiger charge is 2.29. The van der Waals surface area contributed by atoms with Crippen molar-refractivity contribution in [2.45, 2.75) is 25.3 Å². The van der Waals surface area contributed by atoms with Crippen LogP contribution in [-0.2, 0) is 16.0 Å². The van der Waals surface area contributed by atoms with Crippen LogP contribution in [0.4, 0.5) is 5.69 Å². The summed E-state index contributed by atoms with van der Waals surface area (Å²) in [7, 11) is 1.35. The van der Waals surface area contributed by atoms with Crippen LogP contribution >= 0.6 is 0 Å². The molecule has 0 N–H and O–H groups in total. The van der Waals surface area contributed by atoms with Crippen molar-refractivity contribution in [1.82, 2.24) is 14.8 Å². The highest BCUT2D eigenvalue weighted by molar-refractivity contribution is 5.74. The summed E-state index contributed by atoms with van der Waals surface area (Å²) in [6.07, 6.45) is 2.26. The Labute approximate surface area is 125 Å². The van der Waals surface area contributed by atoms with E-state index in [1.54, 1.807) is 16.8 Å². The number of hydrogen-bond donors (Lipinski definition) is 0. The zero-order valence-electron chi connectivity index (χ0n) is 11.9. The molecule has 1 aliphatic rings. The van der Waals surface area contributed by atoms with E-state index in [0.29, 0.717) is 17.8 Å². The number of nitrogens with zero attached hydrogens (tertiary/aromatic N) is 4. The van der Waals surface area contributed by atoms with E-state index in [4.69, 9.17) is 4.74 Å². The second kappa shape index (κ2) is 5.55. The standard InChI is InChI=1S/C14H14N4O4/c1-22-14(19)11-3-2-4-12-15-13(16-17(11)12)9-5-7-10(8-6-9)18(20)21/h5-8,11H,2-4H2,1H3. The summed E-state index contributed by atoms with van der Waals surface area (Å²) >= 11 is 0. The maximum atomic E-state index is 11.8. The number of esters is 1. The molecule has 2 aromatic rings. The molecule has 8 heteroatoms. The third-order valence-electron chi connectivity index (χ3n) is 3.68. The monoisotopic (exact) mass is 302 g/mol. The average Bonchev–Trinajstić information content (AvgIpc) is 2.98. The van der Waals surface area contributed by atoms with Crippen molar-refractivity contribution >= 4 is 11.7 Å². The Balaban J connectivity index is 1.95. The maximum absolute atomic E-state index is 11.8. The van der Waals surface area contributed by atoms with Crippen LogP contribution in [0.25, 0.3) is 11.4 Å². The number of rotatable bonds is 3. The summed E-state index contributed by atoms with van der Waals surface area (Å²) in [6.45, 7) is 0. The third kappa shape index (κ3) is 2.43. The predicted molar refractivity (Wildman–Crippen MR) is 76.1 cm³/mol. The Morgan fingerprint density at radius 3 is 2.77 bits per heavy atom. The number of ether oxygens (including phenoxy) is 1. The molecule has 2 heterocycles. The number of carbonyl (C=O) groups is 1. The largest absolute Gasteiger partial charge is 0.467 e. The number of benzene rings is 1. The number of methoxy groups -OCH3 is 1. The molecule has 0 spiro atoms. The number of nitro groups is 1. The SMILES string of the molecule is COC(=O)C1CCCc2nc(-c3ccc([N+](=O)[O-])cc3)nn21. The lowest BCUT2D eigenvalue weighted by Gasteiger charge is -2.20. The van der Waals surface area contributed by atoms with Crippen molar-refractivity contribution in [3.63, 3.8) is 0 Å². The Bertz CT molecular complexity index is 723. The second-order valence-corrected chi connectivity index (χ2v) is 5.03. The van der Waals surface area contributed by atoms with Gasteiger partial charge in [-0.3, -0.25) is 10.1 Å². The highest BCUT2D eigenvalue weighted by atomic mass is 16.6. The quantitative estimate of drug-likeness (QED) is 0.487. The minimum Gasteiger partial charge on any atom is -0.467 e. The van der Waals surface area contributed by atoms with E-state index in [1.807, 2.05) is 0 Å². The van der Waals surface area contributed by atoms with Crippen LogP contribution in [0.5, 0.6) is 0 Å². The molecule has 0 fully saturated rings. The number of aryl methyl sites for hydroxylation is 1. The summed E-state index contributed by atoms with van der Waals surface area (Å²) in [5, 5.41) is 15.1. The van der Waals surface area contributed by atoms with Crippen molar-refractivity contribution in [2.75, 3.05) is 7.11 Å². The van der Waals surface area contributed by atoms with Crippen LogP contribution in [0, 0.1) is 10.1 Å². The van der Waals surface area contributed by atoms with E-state index in [9.17, 15) is 14.9 Å². The number of hydrogen-bond acceptors (Lipinski definition) is 6. The Hall–Kier alpha value is -2.77. The lowest BCUT2D eigenvalue weighted by atomic mass is 10.1. The molecular formula is C14H14N4O4. The fourth-order valence-electron chi connectivity index (χ4n) is 2.56. The van der Waals surface area contributed by atoms with Crippen LogP contribution in [0.2, 0.25) is 0 Å². The van der Waals surface area contributed by atoms with Crippen LogP contribution in [0.1, 0.15) is 24.7 Å². The normalized spacial score (nSPS) is 16.9. The smallest absolute Gasteiger partial charge is 0.330 e. The van der Waals surface area contributed by atoms with Crippen LogP contribution in [0.15, 0.2) is 24.3 Å². The molecule has 1 unspecified atom stereocenters. The number of fused-ring (bicyclic) bond motifs is 1. The van der Waals surface area contributed by atoms with Crippen molar-refractivity contribution in [3.05, 3.63) is 40.2 Å². The molecule has 0 amide bonds. The molecule has 0 saturated heterocycles. The summed E-state index contributed by atoms with van der Waals surface area (Å²) in [6, 6.07) is 5.58. The van der Waals surface area contributed by atoms with Gasteiger partial charge < -0.3 is 4.74 Å². The molecule has 0 aliphatic carbocycles. The van der Waals surface area contributed by atoms with Gasteiger partial charge in [0.1, 0.15) is 5.82 Å². The molecule has 0 saturated carbocycles. The van der Waals surface area contributed by atoms with E-state index in [0.717, 1.165) is 18.7 Å². The van der Waals surface area contributed by atoms with Gasteiger partial charge in [0.25, 0.3) is 5.69 Å². The summed E-state index contributed by atoms with van der Waals surface area (Å²) in [5.41, 5.74) is 0.691. The summed E-state index contributed by atoms with van der Waals surface area (Å²) in [5.74, 6) is 0.858.